The second-order valence-corrected chi connectivity index (χ2v) is 2.76. The Hall–Kier alpha value is -0.800. The van der Waals surface area contributed by atoms with Crippen LogP contribution in [-0.2, 0) is 0 Å². The van der Waals surface area contributed by atoms with Gasteiger partial charge in [0.1, 0.15) is 6.61 Å². The Balaban J connectivity index is 2.69. The van der Waals surface area contributed by atoms with Crippen LogP contribution in [0.2, 0.25) is 5.02 Å². The van der Waals surface area contributed by atoms with E-state index in [0.717, 1.165) is 5.69 Å². The zero-order valence-electron chi connectivity index (χ0n) is 6.88. The van der Waals surface area contributed by atoms with Gasteiger partial charge in [-0.3, -0.25) is 0 Å². The Labute approximate surface area is 76.5 Å². The van der Waals surface area contributed by atoms with Crippen LogP contribution in [0, 0.1) is 6.92 Å². The summed E-state index contributed by atoms with van der Waals surface area (Å²) in [6, 6.07) is 3.49. The van der Waals surface area contributed by atoms with E-state index in [2.05, 4.69) is 4.98 Å². The maximum Gasteiger partial charge on any atom is 0.213 e. The van der Waals surface area contributed by atoms with E-state index in [4.69, 9.17) is 22.1 Å². The van der Waals surface area contributed by atoms with Gasteiger partial charge in [0.25, 0.3) is 0 Å². The number of pyridine rings is 1. The molecule has 1 rings (SSSR count). The molecule has 0 spiro atoms. The summed E-state index contributed by atoms with van der Waals surface area (Å²) in [5.74, 6) is 0.572. The average Bonchev–Trinajstić information content (AvgIpc) is 2.07. The molecular weight excluding hydrogens is 176 g/mol. The first-order valence-electron chi connectivity index (χ1n) is 3.70. The number of aromatic nitrogens is 1. The third-order valence-corrected chi connectivity index (χ3v) is 1.76. The monoisotopic (exact) mass is 186 g/mol. The van der Waals surface area contributed by atoms with E-state index in [1.807, 2.05) is 6.92 Å². The Kier molecular flexibility index (Phi) is 3.31. The first-order chi connectivity index (χ1) is 5.74. The van der Waals surface area contributed by atoms with Gasteiger partial charge in [0, 0.05) is 12.6 Å². The third kappa shape index (κ3) is 2.36. The highest BCUT2D eigenvalue weighted by Gasteiger charge is 1.98. The lowest BCUT2D eigenvalue weighted by Gasteiger charge is -2.04. The molecule has 1 heterocycles. The molecular formula is C8H11ClN2O. The van der Waals surface area contributed by atoms with Crippen molar-refractivity contribution in [1.29, 1.82) is 0 Å². The minimum atomic E-state index is 0.480. The zero-order valence-corrected chi connectivity index (χ0v) is 7.64. The molecule has 0 radical (unpaired) electrons. The minimum absolute atomic E-state index is 0.480. The van der Waals surface area contributed by atoms with Crippen LogP contribution in [0.1, 0.15) is 5.69 Å². The number of hydrogen-bond donors (Lipinski definition) is 1. The molecule has 0 aromatic carbocycles. The highest BCUT2D eigenvalue weighted by molar-refractivity contribution is 6.31. The smallest absolute Gasteiger partial charge is 0.213 e. The molecule has 3 nitrogen and oxygen atoms in total. The molecule has 0 atom stereocenters. The number of nitrogens with two attached hydrogens (primary N) is 1. The average molecular weight is 187 g/mol. The van der Waals surface area contributed by atoms with Crippen LogP contribution in [0.4, 0.5) is 0 Å². The van der Waals surface area contributed by atoms with Crippen LogP contribution in [0.3, 0.4) is 0 Å². The fourth-order valence-corrected chi connectivity index (χ4v) is 0.870. The number of nitrogens with zero attached hydrogens (tertiary/aromatic N) is 1. The molecule has 0 bridgehead atoms. The van der Waals surface area contributed by atoms with Crippen molar-refractivity contribution in [3.63, 3.8) is 0 Å². The molecule has 0 aliphatic rings. The van der Waals surface area contributed by atoms with E-state index >= 15 is 0 Å². The summed E-state index contributed by atoms with van der Waals surface area (Å²) in [6.07, 6.45) is 0. The van der Waals surface area contributed by atoms with Crippen LogP contribution < -0.4 is 10.5 Å². The van der Waals surface area contributed by atoms with Gasteiger partial charge in [-0.2, -0.15) is 0 Å². The fourth-order valence-electron chi connectivity index (χ4n) is 0.765. The van der Waals surface area contributed by atoms with Gasteiger partial charge in [-0.25, -0.2) is 4.98 Å². The number of rotatable bonds is 3. The van der Waals surface area contributed by atoms with Crippen LogP contribution in [-0.4, -0.2) is 18.1 Å². The summed E-state index contributed by atoms with van der Waals surface area (Å²) in [4.78, 5) is 4.10. The number of halogens is 1. The number of hydrogen-bond acceptors (Lipinski definition) is 3. The van der Waals surface area contributed by atoms with Crippen LogP contribution >= 0.6 is 11.6 Å². The van der Waals surface area contributed by atoms with Crippen molar-refractivity contribution < 1.29 is 4.74 Å². The van der Waals surface area contributed by atoms with Crippen LogP contribution in [0.15, 0.2) is 12.1 Å². The van der Waals surface area contributed by atoms with Gasteiger partial charge in [0.05, 0.1) is 10.7 Å². The van der Waals surface area contributed by atoms with E-state index in [1.165, 1.54) is 0 Å². The predicted molar refractivity (Wildman–Crippen MR) is 48.5 cm³/mol. The Morgan fingerprint density at radius 1 is 1.58 bits per heavy atom. The summed E-state index contributed by atoms with van der Waals surface area (Å²) in [7, 11) is 0. The van der Waals surface area contributed by atoms with Gasteiger partial charge in [-0.05, 0) is 13.0 Å². The van der Waals surface area contributed by atoms with Crippen molar-refractivity contribution in [3.8, 4) is 5.88 Å². The molecule has 0 fully saturated rings. The highest BCUT2D eigenvalue weighted by Crippen LogP contribution is 2.16. The van der Waals surface area contributed by atoms with E-state index in [1.54, 1.807) is 12.1 Å². The highest BCUT2D eigenvalue weighted by atomic mass is 35.5. The van der Waals surface area contributed by atoms with Gasteiger partial charge in [-0.15, -0.1) is 0 Å². The van der Waals surface area contributed by atoms with Gasteiger partial charge < -0.3 is 10.5 Å². The molecule has 1 aromatic heterocycles. The minimum Gasteiger partial charge on any atom is -0.476 e. The molecule has 0 unspecified atom stereocenters. The molecule has 1 aromatic rings. The fraction of sp³-hybridized carbons (Fsp3) is 0.375. The maximum atomic E-state index is 5.77. The van der Waals surface area contributed by atoms with Crippen molar-refractivity contribution in [2.45, 2.75) is 6.92 Å². The molecule has 0 aliphatic heterocycles. The van der Waals surface area contributed by atoms with Gasteiger partial charge in [0.15, 0.2) is 0 Å². The first kappa shape index (κ1) is 9.29. The Bertz CT molecular complexity index is 265. The molecule has 2 N–H and O–H groups in total. The maximum absolute atomic E-state index is 5.77. The summed E-state index contributed by atoms with van der Waals surface area (Å²) in [5.41, 5.74) is 6.04. The molecule has 0 amide bonds. The summed E-state index contributed by atoms with van der Waals surface area (Å²) in [6.45, 7) is 2.80. The first-order valence-corrected chi connectivity index (χ1v) is 4.08. The number of aryl methyl sites for hydroxylation is 1. The summed E-state index contributed by atoms with van der Waals surface area (Å²) < 4.78 is 5.20. The second-order valence-electron chi connectivity index (χ2n) is 2.35. The number of ether oxygens (including phenoxy) is 1. The second kappa shape index (κ2) is 4.28. The molecule has 0 saturated heterocycles. The zero-order chi connectivity index (χ0) is 8.97. The largest absolute Gasteiger partial charge is 0.476 e. The summed E-state index contributed by atoms with van der Waals surface area (Å²) in [5, 5.41) is 0.648. The molecule has 12 heavy (non-hydrogen) atoms. The van der Waals surface area contributed by atoms with Gasteiger partial charge >= 0.3 is 0 Å². The van der Waals surface area contributed by atoms with E-state index in [-0.39, 0.29) is 0 Å². The molecule has 0 aliphatic carbocycles. The quantitative estimate of drug-likeness (QED) is 0.776. The lowest BCUT2D eigenvalue weighted by atomic mass is 10.4. The summed E-state index contributed by atoms with van der Waals surface area (Å²) >= 11 is 5.77. The molecule has 0 saturated carbocycles. The molecule has 4 heteroatoms. The third-order valence-electron chi connectivity index (χ3n) is 1.36. The van der Waals surface area contributed by atoms with Crippen molar-refractivity contribution in [1.82, 2.24) is 4.98 Å². The standard InChI is InChI=1S/C8H11ClN2O/c1-6-7(9)2-3-8(11-6)12-5-4-10/h2-3H,4-5,10H2,1H3. The van der Waals surface area contributed by atoms with Crippen molar-refractivity contribution in [3.05, 3.63) is 22.8 Å². The van der Waals surface area contributed by atoms with Gasteiger partial charge in [-0.1, -0.05) is 11.6 Å². The van der Waals surface area contributed by atoms with E-state index in [9.17, 15) is 0 Å². The molecule has 66 valence electrons. The Morgan fingerprint density at radius 3 is 2.92 bits per heavy atom. The lowest BCUT2D eigenvalue weighted by molar-refractivity contribution is 0.315. The van der Waals surface area contributed by atoms with Crippen molar-refractivity contribution >= 4 is 11.6 Å². The van der Waals surface area contributed by atoms with Crippen molar-refractivity contribution in [2.75, 3.05) is 13.2 Å². The SMILES string of the molecule is Cc1nc(OCCN)ccc1Cl. The van der Waals surface area contributed by atoms with Crippen LogP contribution in [0.25, 0.3) is 0 Å². The predicted octanol–water partition coefficient (Wildman–Crippen LogP) is 1.38. The van der Waals surface area contributed by atoms with Crippen LogP contribution in [0.5, 0.6) is 5.88 Å². The lowest BCUT2D eigenvalue weighted by Crippen LogP contribution is -2.11. The van der Waals surface area contributed by atoms with E-state index < -0.39 is 0 Å². The topological polar surface area (TPSA) is 48.1 Å². The van der Waals surface area contributed by atoms with Gasteiger partial charge in [0.2, 0.25) is 5.88 Å². The Morgan fingerprint density at radius 2 is 2.33 bits per heavy atom. The van der Waals surface area contributed by atoms with Crippen molar-refractivity contribution in [2.24, 2.45) is 5.73 Å². The van der Waals surface area contributed by atoms with E-state index in [0.29, 0.717) is 24.1 Å². The normalized spacial score (nSPS) is 9.92.